The number of nitrogens with one attached hydrogen (secondary N) is 1. The normalized spacial score (nSPS) is 16.7. The highest BCUT2D eigenvalue weighted by atomic mass is 35.5. The Hall–Kier alpha value is -3.11. The van der Waals surface area contributed by atoms with Crippen molar-refractivity contribution in [2.24, 2.45) is 5.92 Å². The van der Waals surface area contributed by atoms with Crippen LogP contribution >= 0.6 is 11.6 Å². The monoisotopic (exact) mass is 482 g/mol. The van der Waals surface area contributed by atoms with Crippen LogP contribution in [0.15, 0.2) is 48.5 Å². The molecule has 4 rings (SSSR count). The van der Waals surface area contributed by atoms with E-state index in [9.17, 15) is 22.4 Å². The standard InChI is InChI=1S/C22H19ClF4N4O2/c1-33-20-18(21(32)29-30-11-10-14(12-30)22(25,26)27)28-31(17-5-3-2-4-16(17)24)19(20)13-6-8-15(23)9-7-13/h2-9,14H,10-12H2,1H3,(H,29,32). The summed E-state index contributed by atoms with van der Waals surface area (Å²) in [6.45, 7) is -0.327. The SMILES string of the molecule is COc1c(C(=O)NN2CCC(C(F)(F)F)C2)nn(-c2ccccc2F)c1-c1ccc(Cl)cc1. The van der Waals surface area contributed by atoms with Gasteiger partial charge >= 0.3 is 6.18 Å². The molecule has 1 saturated heterocycles. The number of halogens is 5. The first kappa shape index (κ1) is 23.1. The molecule has 0 radical (unpaired) electrons. The van der Waals surface area contributed by atoms with E-state index >= 15 is 0 Å². The lowest BCUT2D eigenvalue weighted by Gasteiger charge is -2.18. The maximum atomic E-state index is 14.6. The van der Waals surface area contributed by atoms with Gasteiger partial charge in [-0.15, -0.1) is 0 Å². The van der Waals surface area contributed by atoms with Gasteiger partial charge in [-0.2, -0.15) is 18.3 Å². The van der Waals surface area contributed by atoms with Gasteiger partial charge in [-0.3, -0.25) is 10.2 Å². The quantitative estimate of drug-likeness (QED) is 0.527. The van der Waals surface area contributed by atoms with E-state index in [1.165, 1.54) is 35.0 Å². The van der Waals surface area contributed by atoms with Crippen LogP contribution in [0.3, 0.4) is 0 Å². The third-order valence-electron chi connectivity index (χ3n) is 5.37. The fourth-order valence-corrected chi connectivity index (χ4v) is 3.86. The van der Waals surface area contributed by atoms with E-state index in [2.05, 4.69) is 10.5 Å². The Bertz CT molecular complexity index is 1160. The molecule has 3 aromatic rings. The first-order valence-corrected chi connectivity index (χ1v) is 10.4. The topological polar surface area (TPSA) is 59.4 Å². The molecule has 0 spiro atoms. The van der Waals surface area contributed by atoms with Crippen molar-refractivity contribution in [1.29, 1.82) is 0 Å². The molecule has 0 aliphatic carbocycles. The van der Waals surface area contributed by atoms with Gasteiger partial charge < -0.3 is 4.74 Å². The van der Waals surface area contributed by atoms with E-state index in [1.54, 1.807) is 30.3 Å². The number of hydrogen-bond acceptors (Lipinski definition) is 4. The van der Waals surface area contributed by atoms with Crippen LogP contribution in [0.1, 0.15) is 16.9 Å². The molecule has 2 aromatic carbocycles. The summed E-state index contributed by atoms with van der Waals surface area (Å²) in [7, 11) is 1.33. The fraction of sp³-hybridized carbons (Fsp3) is 0.273. The van der Waals surface area contributed by atoms with E-state index in [-0.39, 0.29) is 36.6 Å². The molecule has 2 heterocycles. The smallest absolute Gasteiger partial charge is 0.393 e. The zero-order chi connectivity index (χ0) is 23.8. The van der Waals surface area contributed by atoms with Crippen LogP contribution in [0, 0.1) is 11.7 Å². The van der Waals surface area contributed by atoms with Gasteiger partial charge in [0.1, 0.15) is 17.2 Å². The highest BCUT2D eigenvalue weighted by Crippen LogP contribution is 2.37. The zero-order valence-corrected chi connectivity index (χ0v) is 18.1. The van der Waals surface area contributed by atoms with Crippen molar-refractivity contribution in [3.05, 3.63) is 65.1 Å². The van der Waals surface area contributed by atoms with Gasteiger partial charge in [-0.25, -0.2) is 14.1 Å². The summed E-state index contributed by atoms with van der Waals surface area (Å²) in [6, 6.07) is 12.4. The highest BCUT2D eigenvalue weighted by Gasteiger charge is 2.44. The number of carbonyl (C=O) groups is 1. The van der Waals surface area contributed by atoms with Crippen molar-refractivity contribution >= 4 is 17.5 Å². The molecule has 1 atom stereocenters. The lowest BCUT2D eigenvalue weighted by molar-refractivity contribution is -0.171. The summed E-state index contributed by atoms with van der Waals surface area (Å²) >= 11 is 5.99. The summed E-state index contributed by atoms with van der Waals surface area (Å²) in [5, 5.41) is 5.95. The number of carbonyl (C=O) groups excluding carboxylic acids is 1. The van der Waals surface area contributed by atoms with E-state index in [0.29, 0.717) is 16.3 Å². The minimum absolute atomic E-state index is 0.0380. The summed E-state index contributed by atoms with van der Waals surface area (Å²) < 4.78 is 60.3. The van der Waals surface area contributed by atoms with E-state index in [1.807, 2.05) is 0 Å². The summed E-state index contributed by atoms with van der Waals surface area (Å²) in [5.41, 5.74) is 3.17. The number of nitrogens with zero attached hydrogens (tertiary/aromatic N) is 3. The molecule has 0 saturated carbocycles. The first-order chi connectivity index (χ1) is 15.7. The van der Waals surface area contributed by atoms with Crippen LogP contribution in [0.25, 0.3) is 16.9 Å². The van der Waals surface area contributed by atoms with Gasteiger partial charge in [0.15, 0.2) is 11.4 Å². The minimum atomic E-state index is -4.34. The molecule has 174 valence electrons. The van der Waals surface area contributed by atoms with E-state index in [4.69, 9.17) is 16.3 Å². The number of benzene rings is 2. The molecule has 1 N–H and O–H groups in total. The summed E-state index contributed by atoms with van der Waals surface area (Å²) in [6.07, 6.45) is -4.47. The Morgan fingerprint density at radius 1 is 1.18 bits per heavy atom. The van der Waals surface area contributed by atoms with Gasteiger partial charge in [0.25, 0.3) is 5.91 Å². The van der Waals surface area contributed by atoms with Crippen molar-refractivity contribution in [1.82, 2.24) is 20.2 Å². The maximum absolute atomic E-state index is 14.6. The van der Waals surface area contributed by atoms with Gasteiger partial charge in [0.05, 0.1) is 13.0 Å². The molecule has 6 nitrogen and oxygen atoms in total. The molecule has 1 aromatic heterocycles. The number of aromatic nitrogens is 2. The molecule has 11 heteroatoms. The average Bonchev–Trinajstić information content (AvgIpc) is 3.39. The molecular formula is C22H19ClF4N4O2. The number of alkyl halides is 3. The second-order valence-electron chi connectivity index (χ2n) is 7.51. The minimum Gasteiger partial charge on any atom is -0.492 e. The van der Waals surface area contributed by atoms with Gasteiger partial charge in [-0.1, -0.05) is 35.9 Å². The second-order valence-corrected chi connectivity index (χ2v) is 7.95. The van der Waals surface area contributed by atoms with E-state index < -0.39 is 23.8 Å². The average molecular weight is 483 g/mol. The third-order valence-corrected chi connectivity index (χ3v) is 5.62. The summed E-state index contributed by atoms with van der Waals surface area (Å²) in [5.74, 6) is -2.83. The Labute approximate surface area is 191 Å². The molecule has 1 aliphatic heterocycles. The Kier molecular flexibility index (Phi) is 6.31. The van der Waals surface area contributed by atoms with Crippen molar-refractivity contribution < 1.29 is 27.1 Å². The van der Waals surface area contributed by atoms with Crippen molar-refractivity contribution in [2.45, 2.75) is 12.6 Å². The van der Waals surface area contributed by atoms with Crippen LogP contribution < -0.4 is 10.2 Å². The number of hydrazine groups is 1. The van der Waals surface area contributed by atoms with Gasteiger partial charge in [0, 0.05) is 23.7 Å². The van der Waals surface area contributed by atoms with Crippen molar-refractivity contribution in [3.8, 4) is 22.7 Å². The first-order valence-electron chi connectivity index (χ1n) is 9.99. The molecule has 1 unspecified atom stereocenters. The van der Waals surface area contributed by atoms with Crippen LogP contribution in [-0.2, 0) is 0 Å². The van der Waals surface area contributed by atoms with Crippen LogP contribution in [0.5, 0.6) is 5.75 Å². The third kappa shape index (κ3) is 4.67. The lowest BCUT2D eigenvalue weighted by atomic mass is 10.1. The number of ether oxygens (including phenoxy) is 1. The Morgan fingerprint density at radius 2 is 1.88 bits per heavy atom. The number of rotatable bonds is 5. The number of hydrogen-bond donors (Lipinski definition) is 1. The lowest BCUT2D eigenvalue weighted by Crippen LogP contribution is -2.42. The van der Waals surface area contributed by atoms with Crippen LogP contribution in [-0.4, -0.2) is 47.1 Å². The van der Waals surface area contributed by atoms with Crippen molar-refractivity contribution in [3.63, 3.8) is 0 Å². The maximum Gasteiger partial charge on any atom is 0.393 e. The van der Waals surface area contributed by atoms with E-state index in [0.717, 1.165) is 0 Å². The number of para-hydroxylation sites is 1. The predicted octanol–water partition coefficient (Wildman–Crippen LogP) is 4.87. The van der Waals surface area contributed by atoms with Gasteiger partial charge in [0.2, 0.25) is 0 Å². The second kappa shape index (κ2) is 9.03. The predicted molar refractivity (Wildman–Crippen MR) is 114 cm³/mol. The Balaban J connectivity index is 1.75. The zero-order valence-electron chi connectivity index (χ0n) is 17.4. The molecule has 1 fully saturated rings. The largest absolute Gasteiger partial charge is 0.492 e. The molecular weight excluding hydrogens is 464 g/mol. The van der Waals surface area contributed by atoms with Crippen LogP contribution in [0.4, 0.5) is 17.6 Å². The fourth-order valence-electron chi connectivity index (χ4n) is 3.73. The summed E-state index contributed by atoms with van der Waals surface area (Å²) in [4.78, 5) is 13.0. The molecule has 33 heavy (non-hydrogen) atoms. The highest BCUT2D eigenvalue weighted by molar-refractivity contribution is 6.30. The van der Waals surface area contributed by atoms with Crippen molar-refractivity contribution in [2.75, 3.05) is 20.2 Å². The molecule has 0 bridgehead atoms. The number of methoxy groups -OCH3 is 1. The molecule has 1 aliphatic rings. The Morgan fingerprint density at radius 3 is 2.48 bits per heavy atom. The van der Waals surface area contributed by atoms with Gasteiger partial charge in [-0.05, 0) is 30.7 Å². The molecule has 1 amide bonds. The number of amides is 1. The van der Waals surface area contributed by atoms with Crippen LogP contribution in [0.2, 0.25) is 5.02 Å².